The standard InChI is InChI=1S/2BH3O3.BHO3.BO3.Eu.Sr/c4*2-1(3)4;;/h2*2-4H;2H;;;/q;;-2;-3;+3;+2. The van der Waals surface area contributed by atoms with Crippen LogP contribution in [0.15, 0.2) is 0 Å². The van der Waals surface area contributed by atoms with Crippen LogP contribution in [0, 0.1) is 49.4 Å². The predicted molar refractivity (Wildman–Crippen MR) is 44.3 cm³/mol. The molecule has 7 N–H and O–H groups in total. The normalized spacial score (nSPS) is 6.00. The van der Waals surface area contributed by atoms with Crippen LogP contribution in [0.25, 0.3) is 0 Å². The van der Waals surface area contributed by atoms with E-state index in [0.29, 0.717) is 0 Å². The van der Waals surface area contributed by atoms with Crippen molar-refractivity contribution in [3.05, 3.63) is 0 Å². The van der Waals surface area contributed by atoms with Crippen molar-refractivity contribution in [1.82, 2.24) is 0 Å². The summed E-state index contributed by atoms with van der Waals surface area (Å²) in [5.74, 6) is 0. The van der Waals surface area contributed by atoms with Gasteiger partial charge in [0.05, 0.1) is 7.32 Å². The minimum absolute atomic E-state index is 0. The van der Waals surface area contributed by atoms with E-state index in [1.807, 2.05) is 0 Å². The van der Waals surface area contributed by atoms with E-state index < -0.39 is 29.3 Å². The van der Waals surface area contributed by atoms with E-state index >= 15 is 0 Å². The van der Waals surface area contributed by atoms with Crippen LogP contribution in [-0.2, 0) is 0 Å². The molecule has 0 aliphatic carbocycles. The maximum atomic E-state index is 8.53. The van der Waals surface area contributed by atoms with Crippen LogP contribution >= 0.6 is 0 Å². The molecule has 0 saturated carbocycles. The number of hydrogen-bond donors (Lipinski definition) is 7. The molecule has 0 aliphatic rings. The Labute approximate surface area is 181 Å². The molecule has 18 heavy (non-hydrogen) atoms. The molecule has 0 heterocycles. The van der Waals surface area contributed by atoms with E-state index in [0.717, 1.165) is 0 Å². The molecular weight excluding hydrogens is 475 g/mol. The Bertz CT molecular complexity index is 67.1. The van der Waals surface area contributed by atoms with E-state index in [2.05, 4.69) is 0 Å². The third-order valence-electron chi connectivity index (χ3n) is 0. The number of rotatable bonds is 0. The zero-order valence-electron chi connectivity index (χ0n) is 8.57. The monoisotopic (exact) mass is 484 g/mol. The molecule has 12 nitrogen and oxygen atoms in total. The van der Waals surface area contributed by atoms with Gasteiger partial charge in [-0.3, -0.25) is 7.32 Å². The molecule has 0 saturated heterocycles. The van der Waals surface area contributed by atoms with Gasteiger partial charge in [-0.25, -0.2) is 0 Å². The minimum Gasteiger partial charge on any atom is -0.907 e. The van der Waals surface area contributed by atoms with Gasteiger partial charge in [-0.2, -0.15) is 0 Å². The summed E-state index contributed by atoms with van der Waals surface area (Å²) in [6, 6.07) is 0. The van der Waals surface area contributed by atoms with Crippen molar-refractivity contribution < 1.29 is 110 Å². The molecule has 0 bridgehead atoms. The van der Waals surface area contributed by atoms with Crippen molar-refractivity contribution >= 4 is 74.8 Å². The van der Waals surface area contributed by atoms with Gasteiger partial charge in [0.2, 0.25) is 0 Å². The quantitative estimate of drug-likeness (QED) is 0.159. The fourth-order valence-electron chi connectivity index (χ4n) is 0. The second-order valence-electron chi connectivity index (χ2n) is 1.29. The van der Waals surface area contributed by atoms with Crippen molar-refractivity contribution in [1.29, 1.82) is 0 Å². The Morgan fingerprint density at radius 2 is 0.556 bits per heavy atom. The van der Waals surface area contributed by atoms with Crippen LogP contribution < -0.4 is 25.1 Å². The average Bonchev–Trinajstić information content (AvgIpc) is 1.76. The fraction of sp³-hybridized carbons (Fsp3) is 0. The van der Waals surface area contributed by atoms with E-state index in [-0.39, 0.29) is 94.9 Å². The van der Waals surface area contributed by atoms with Crippen LogP contribution in [0.3, 0.4) is 0 Å². The molecule has 0 amide bonds. The largest absolute Gasteiger partial charge is 3.00 e. The molecule has 0 aromatic carbocycles. The van der Waals surface area contributed by atoms with Gasteiger partial charge >= 0.3 is 110 Å². The third kappa shape index (κ3) is 742. The second kappa shape index (κ2) is 32.0. The van der Waals surface area contributed by atoms with E-state index in [1.165, 1.54) is 0 Å². The Hall–Kier alpha value is 2.84. The van der Waals surface area contributed by atoms with Crippen LogP contribution in [0.1, 0.15) is 0 Å². The van der Waals surface area contributed by atoms with Gasteiger partial charge < -0.3 is 60.3 Å². The van der Waals surface area contributed by atoms with E-state index in [1.54, 1.807) is 0 Å². The fourth-order valence-corrected chi connectivity index (χ4v) is 0. The van der Waals surface area contributed by atoms with Crippen LogP contribution in [0.4, 0.5) is 0 Å². The zero-order valence-corrected chi connectivity index (χ0v) is 14.5. The summed E-state index contributed by atoms with van der Waals surface area (Å²) in [5.41, 5.74) is 0. The summed E-state index contributed by atoms with van der Waals surface area (Å²) in [6.45, 7) is 0. The van der Waals surface area contributed by atoms with Crippen molar-refractivity contribution in [2.75, 3.05) is 0 Å². The van der Waals surface area contributed by atoms with Gasteiger partial charge in [0.25, 0.3) is 0 Å². The maximum absolute atomic E-state index is 8.53. The summed E-state index contributed by atoms with van der Waals surface area (Å²) in [4.78, 5) is 0. The van der Waals surface area contributed by atoms with Gasteiger partial charge in [0.15, 0.2) is 0 Å². The molecular formula is H7B4EuO12Sr. The first-order valence-corrected chi connectivity index (χ1v) is 2.99. The van der Waals surface area contributed by atoms with Gasteiger partial charge in [0.1, 0.15) is 0 Å². The molecule has 18 heteroatoms. The first kappa shape index (κ1) is 37.3. The molecule has 0 spiro atoms. The summed E-state index contributed by atoms with van der Waals surface area (Å²) >= 11 is 0. The van der Waals surface area contributed by atoms with Crippen molar-refractivity contribution in [3.8, 4) is 0 Å². The molecule has 0 aliphatic heterocycles. The van der Waals surface area contributed by atoms with Crippen LogP contribution in [-0.4, -0.2) is 110 Å². The first-order chi connectivity index (χ1) is 6.93. The van der Waals surface area contributed by atoms with Crippen molar-refractivity contribution in [3.63, 3.8) is 0 Å². The summed E-state index contributed by atoms with van der Waals surface area (Å²) < 4.78 is 0. The molecule has 0 rings (SSSR count). The van der Waals surface area contributed by atoms with Gasteiger partial charge in [-0.05, 0) is 0 Å². The Morgan fingerprint density at radius 1 is 0.556 bits per heavy atom. The Balaban J connectivity index is -0.0000000257. The van der Waals surface area contributed by atoms with Gasteiger partial charge in [0, 0.05) is 0 Å². The molecule has 100 valence electrons. The molecule has 0 aromatic rings. The van der Waals surface area contributed by atoms with E-state index in [9.17, 15) is 0 Å². The molecule has 0 unspecified atom stereocenters. The van der Waals surface area contributed by atoms with E-state index in [4.69, 9.17) is 60.3 Å². The molecule has 0 fully saturated rings. The van der Waals surface area contributed by atoms with Crippen LogP contribution in [0.5, 0.6) is 0 Å². The van der Waals surface area contributed by atoms with Gasteiger partial charge in [-0.15, -0.1) is 0 Å². The zero-order chi connectivity index (χ0) is 14.3. The predicted octanol–water partition coefficient (Wildman–Crippen LogP) is -11.7. The SMILES string of the molecule is OB(O)O.OB(O)O.[Eu+3].[O-]B([O-])O.[O-]B([O-])[O-].[Sr+2]. The summed E-state index contributed by atoms with van der Waals surface area (Å²) in [7, 11) is -9.92. The average molecular weight is 482 g/mol. The topological polar surface area (TPSA) is 257 Å². The number of hydrogen-bond acceptors (Lipinski definition) is 12. The van der Waals surface area contributed by atoms with Crippen molar-refractivity contribution in [2.24, 2.45) is 0 Å². The first-order valence-electron chi connectivity index (χ1n) is 2.99. The van der Waals surface area contributed by atoms with Gasteiger partial charge in [-0.1, -0.05) is 0 Å². The molecule has 0 atom stereocenters. The second-order valence-corrected chi connectivity index (χ2v) is 1.29. The summed E-state index contributed by atoms with van der Waals surface area (Å²) in [6.07, 6.45) is 0. The summed E-state index contributed by atoms with van der Waals surface area (Å²) in [5, 5.41) is 92.3. The third-order valence-corrected chi connectivity index (χ3v) is 0. The smallest absolute Gasteiger partial charge is 0.907 e. The molecule has 0 radical (unpaired) electrons. The maximum Gasteiger partial charge on any atom is 3.00 e. The molecule has 0 aromatic heterocycles. The minimum atomic E-state index is -2.92. The van der Waals surface area contributed by atoms with Crippen LogP contribution in [0.2, 0.25) is 0 Å². The Morgan fingerprint density at radius 3 is 0.556 bits per heavy atom. The van der Waals surface area contributed by atoms with Crippen molar-refractivity contribution in [2.45, 2.75) is 0 Å². The Kier molecular flexibility index (Phi) is 66.2.